The topological polar surface area (TPSA) is 92.3 Å². The molecule has 8 heteroatoms. The van der Waals surface area contributed by atoms with Crippen LogP contribution in [-0.2, 0) is 20.6 Å². The molecule has 2 aromatic rings. The number of sulfonamides is 1. The smallest absolute Gasteiger partial charge is 0.264 e. The van der Waals surface area contributed by atoms with Gasteiger partial charge in [0.1, 0.15) is 0 Å². The van der Waals surface area contributed by atoms with Crippen LogP contribution in [0, 0.1) is 0 Å². The molecular weight excluding hydrogens is 352 g/mol. The molecule has 6 nitrogen and oxygen atoms in total. The van der Waals surface area contributed by atoms with E-state index >= 15 is 0 Å². The maximum Gasteiger partial charge on any atom is 0.264 e. The summed E-state index contributed by atoms with van der Waals surface area (Å²) in [4.78, 5) is 23.2. The number of hydrogen-bond acceptors (Lipinski definition) is 4. The minimum absolute atomic E-state index is 0.126. The summed E-state index contributed by atoms with van der Waals surface area (Å²) >= 11 is 5.75. The first kappa shape index (κ1) is 18.0. The number of halogens is 1. The van der Waals surface area contributed by atoms with E-state index in [0.29, 0.717) is 16.3 Å². The fourth-order valence-electron chi connectivity index (χ4n) is 1.98. The Morgan fingerprint density at radius 1 is 1.08 bits per heavy atom. The molecule has 2 amide bonds. The minimum atomic E-state index is -3.86. The van der Waals surface area contributed by atoms with Gasteiger partial charge in [-0.05, 0) is 35.9 Å². The highest BCUT2D eigenvalue weighted by Gasteiger charge is 2.17. The number of amides is 2. The Morgan fingerprint density at radius 2 is 1.75 bits per heavy atom. The lowest BCUT2D eigenvalue weighted by Crippen LogP contribution is -2.31. The van der Waals surface area contributed by atoms with Crippen LogP contribution in [0.1, 0.15) is 22.8 Å². The van der Waals surface area contributed by atoms with Crippen molar-refractivity contribution >= 4 is 39.1 Å². The summed E-state index contributed by atoms with van der Waals surface area (Å²) in [5.74, 6) is -1.40. The fourth-order valence-corrected chi connectivity index (χ4v) is 3.21. The monoisotopic (exact) mass is 366 g/mol. The zero-order chi connectivity index (χ0) is 17.7. The third-order valence-electron chi connectivity index (χ3n) is 2.96. The number of carbonyl (C=O) groups is 2. The third-order valence-corrected chi connectivity index (χ3v) is 4.43. The first-order valence-corrected chi connectivity index (χ1v) is 8.95. The Balaban J connectivity index is 2.10. The standard InChI is InChI=1S/C16H15ClN2O4S/c1-11(20)18-15-4-2-3-13(9-15)16(21)19-24(22,23)10-12-5-7-14(17)8-6-12/h2-9H,10H2,1H3,(H,18,20)(H,19,21). The van der Waals surface area contributed by atoms with Gasteiger partial charge < -0.3 is 5.32 Å². The lowest BCUT2D eigenvalue weighted by molar-refractivity contribution is -0.114. The SMILES string of the molecule is CC(=O)Nc1cccc(C(=O)NS(=O)(=O)Cc2ccc(Cl)cc2)c1. The second-order valence-electron chi connectivity index (χ2n) is 5.08. The second kappa shape index (κ2) is 7.46. The molecule has 0 aromatic heterocycles. The summed E-state index contributed by atoms with van der Waals surface area (Å²) < 4.78 is 26.2. The van der Waals surface area contributed by atoms with Crippen LogP contribution in [-0.4, -0.2) is 20.2 Å². The van der Waals surface area contributed by atoms with E-state index in [1.54, 1.807) is 36.4 Å². The Bertz CT molecular complexity index is 864. The van der Waals surface area contributed by atoms with Gasteiger partial charge in [0.25, 0.3) is 5.91 Å². The Morgan fingerprint density at radius 3 is 2.38 bits per heavy atom. The van der Waals surface area contributed by atoms with Gasteiger partial charge in [-0.15, -0.1) is 0 Å². The first-order valence-electron chi connectivity index (χ1n) is 6.92. The average molecular weight is 367 g/mol. The number of nitrogens with one attached hydrogen (secondary N) is 2. The van der Waals surface area contributed by atoms with Gasteiger partial charge in [0.05, 0.1) is 5.75 Å². The van der Waals surface area contributed by atoms with Crippen molar-refractivity contribution < 1.29 is 18.0 Å². The van der Waals surface area contributed by atoms with Crippen molar-refractivity contribution in [2.45, 2.75) is 12.7 Å². The largest absolute Gasteiger partial charge is 0.326 e. The molecule has 0 aliphatic rings. The summed E-state index contributed by atoms with van der Waals surface area (Å²) in [5, 5.41) is 3.02. The van der Waals surface area contributed by atoms with Crippen molar-refractivity contribution in [1.29, 1.82) is 0 Å². The van der Waals surface area contributed by atoms with E-state index in [1.165, 1.54) is 19.1 Å². The third kappa shape index (κ3) is 5.36. The predicted molar refractivity (Wildman–Crippen MR) is 92.3 cm³/mol. The normalized spacial score (nSPS) is 10.9. The predicted octanol–water partition coefficient (Wildman–Crippen LogP) is 2.56. The van der Waals surface area contributed by atoms with Gasteiger partial charge in [-0.25, -0.2) is 13.1 Å². The summed E-state index contributed by atoms with van der Waals surface area (Å²) in [6.07, 6.45) is 0. The van der Waals surface area contributed by atoms with Gasteiger partial charge in [0.15, 0.2) is 0 Å². The fraction of sp³-hybridized carbons (Fsp3) is 0.125. The van der Waals surface area contributed by atoms with Crippen LogP contribution in [0.4, 0.5) is 5.69 Å². The van der Waals surface area contributed by atoms with E-state index in [2.05, 4.69) is 5.32 Å². The molecule has 24 heavy (non-hydrogen) atoms. The molecule has 126 valence electrons. The van der Waals surface area contributed by atoms with Crippen LogP contribution in [0.2, 0.25) is 5.02 Å². The molecule has 0 atom stereocenters. The lowest BCUT2D eigenvalue weighted by atomic mass is 10.2. The van der Waals surface area contributed by atoms with Crippen LogP contribution in [0.3, 0.4) is 0 Å². The molecule has 0 saturated heterocycles. The van der Waals surface area contributed by atoms with Gasteiger partial charge in [-0.3, -0.25) is 9.59 Å². The molecule has 2 rings (SSSR count). The Labute approximate surface area is 144 Å². The first-order chi connectivity index (χ1) is 11.2. The molecule has 0 fully saturated rings. The van der Waals surface area contributed by atoms with Gasteiger partial charge in [0, 0.05) is 23.2 Å². The average Bonchev–Trinajstić information content (AvgIpc) is 2.48. The van der Waals surface area contributed by atoms with Gasteiger partial charge in [0.2, 0.25) is 15.9 Å². The Kier molecular flexibility index (Phi) is 5.58. The van der Waals surface area contributed by atoms with Crippen molar-refractivity contribution in [3.8, 4) is 0 Å². The molecule has 0 spiro atoms. The van der Waals surface area contributed by atoms with Crippen molar-refractivity contribution in [1.82, 2.24) is 4.72 Å². The molecule has 0 heterocycles. The highest BCUT2D eigenvalue weighted by molar-refractivity contribution is 7.89. The van der Waals surface area contributed by atoms with E-state index in [4.69, 9.17) is 11.6 Å². The molecule has 2 aromatic carbocycles. The number of hydrogen-bond donors (Lipinski definition) is 2. The zero-order valence-electron chi connectivity index (χ0n) is 12.7. The van der Waals surface area contributed by atoms with E-state index in [0.717, 1.165) is 0 Å². The van der Waals surface area contributed by atoms with E-state index in [-0.39, 0.29) is 17.2 Å². The van der Waals surface area contributed by atoms with Crippen molar-refractivity contribution in [3.05, 3.63) is 64.7 Å². The molecular formula is C16H15ClN2O4S. The van der Waals surface area contributed by atoms with Crippen molar-refractivity contribution in [2.75, 3.05) is 5.32 Å². The van der Waals surface area contributed by atoms with Crippen LogP contribution in [0.25, 0.3) is 0 Å². The number of anilines is 1. The summed E-state index contributed by atoms with van der Waals surface area (Å²) in [6, 6.07) is 12.3. The molecule has 0 unspecified atom stereocenters. The Hall–Kier alpha value is -2.38. The number of rotatable bonds is 5. The van der Waals surface area contributed by atoms with Crippen molar-refractivity contribution in [2.24, 2.45) is 0 Å². The number of carbonyl (C=O) groups excluding carboxylic acids is 2. The van der Waals surface area contributed by atoms with Crippen LogP contribution in [0.15, 0.2) is 48.5 Å². The lowest BCUT2D eigenvalue weighted by Gasteiger charge is -2.08. The molecule has 0 saturated carbocycles. The van der Waals surface area contributed by atoms with Gasteiger partial charge >= 0.3 is 0 Å². The van der Waals surface area contributed by atoms with Crippen LogP contribution >= 0.6 is 11.6 Å². The molecule has 0 bridgehead atoms. The maximum absolute atomic E-state index is 12.1. The summed E-state index contributed by atoms with van der Waals surface area (Å²) in [6.45, 7) is 1.34. The highest BCUT2D eigenvalue weighted by Crippen LogP contribution is 2.13. The van der Waals surface area contributed by atoms with E-state index in [1.807, 2.05) is 4.72 Å². The van der Waals surface area contributed by atoms with E-state index in [9.17, 15) is 18.0 Å². The van der Waals surface area contributed by atoms with Crippen molar-refractivity contribution in [3.63, 3.8) is 0 Å². The number of benzene rings is 2. The summed E-state index contributed by atoms with van der Waals surface area (Å²) in [7, 11) is -3.86. The van der Waals surface area contributed by atoms with Crippen LogP contribution in [0.5, 0.6) is 0 Å². The molecule has 0 aliphatic heterocycles. The van der Waals surface area contributed by atoms with E-state index < -0.39 is 15.9 Å². The quantitative estimate of drug-likeness (QED) is 0.850. The molecule has 0 radical (unpaired) electrons. The van der Waals surface area contributed by atoms with Crippen LogP contribution < -0.4 is 10.0 Å². The summed E-state index contributed by atoms with van der Waals surface area (Å²) in [5.41, 5.74) is 1.04. The minimum Gasteiger partial charge on any atom is -0.326 e. The molecule has 0 aliphatic carbocycles. The molecule has 2 N–H and O–H groups in total. The maximum atomic E-state index is 12.1. The zero-order valence-corrected chi connectivity index (χ0v) is 14.3. The second-order valence-corrected chi connectivity index (χ2v) is 7.24. The highest BCUT2D eigenvalue weighted by atomic mass is 35.5. The van der Waals surface area contributed by atoms with Gasteiger partial charge in [-0.1, -0.05) is 29.8 Å². The van der Waals surface area contributed by atoms with Gasteiger partial charge in [-0.2, -0.15) is 0 Å².